The first kappa shape index (κ1) is 13.7. The highest BCUT2D eigenvalue weighted by Crippen LogP contribution is 2.15. The molecular formula is C10H15N5O3S. The molecule has 0 saturated heterocycles. The van der Waals surface area contributed by atoms with E-state index in [1.807, 2.05) is 0 Å². The van der Waals surface area contributed by atoms with Crippen molar-refractivity contribution in [3.63, 3.8) is 0 Å². The second-order valence-electron chi connectivity index (χ2n) is 3.96. The zero-order valence-corrected chi connectivity index (χ0v) is 11.2. The zero-order valence-electron chi connectivity index (χ0n) is 10.4. The van der Waals surface area contributed by atoms with Gasteiger partial charge < -0.3 is 5.11 Å². The van der Waals surface area contributed by atoms with E-state index in [1.54, 1.807) is 30.1 Å². The van der Waals surface area contributed by atoms with Crippen LogP contribution in [0.1, 0.15) is 11.3 Å². The number of nitrogens with one attached hydrogen (secondary N) is 2. The summed E-state index contributed by atoms with van der Waals surface area (Å²) in [5.41, 5.74) is 0.821. The van der Waals surface area contributed by atoms with E-state index in [1.165, 1.54) is 0 Å². The molecule has 9 heteroatoms. The molecule has 0 spiro atoms. The number of aliphatic hydroxyl groups excluding tert-OH is 1. The molecule has 0 amide bonds. The van der Waals surface area contributed by atoms with Crippen LogP contribution in [0.2, 0.25) is 0 Å². The minimum absolute atomic E-state index is 0.159. The second-order valence-corrected chi connectivity index (χ2v) is 5.64. The summed E-state index contributed by atoms with van der Waals surface area (Å²) in [5, 5.41) is 19.2. The van der Waals surface area contributed by atoms with Crippen LogP contribution in [0.15, 0.2) is 23.5 Å². The number of hydrogen-bond acceptors (Lipinski definition) is 5. The van der Waals surface area contributed by atoms with E-state index in [2.05, 4.69) is 20.0 Å². The number of aromatic amines is 1. The predicted molar refractivity (Wildman–Crippen MR) is 66.7 cm³/mol. The molecule has 8 nitrogen and oxygen atoms in total. The summed E-state index contributed by atoms with van der Waals surface area (Å²) in [5.74, 6) is 0. The molecule has 0 aliphatic rings. The number of H-pyrrole nitrogens is 1. The van der Waals surface area contributed by atoms with Gasteiger partial charge in [-0.2, -0.15) is 10.2 Å². The fourth-order valence-corrected chi connectivity index (χ4v) is 2.84. The summed E-state index contributed by atoms with van der Waals surface area (Å²) in [4.78, 5) is 0. The highest BCUT2D eigenvalue weighted by molar-refractivity contribution is 7.89. The summed E-state index contributed by atoms with van der Waals surface area (Å²) in [7, 11) is -3.73. The van der Waals surface area contributed by atoms with Gasteiger partial charge >= 0.3 is 0 Å². The van der Waals surface area contributed by atoms with Gasteiger partial charge in [-0.1, -0.05) is 0 Å². The van der Waals surface area contributed by atoms with Crippen molar-refractivity contribution in [1.29, 1.82) is 0 Å². The number of aromatic nitrogens is 4. The van der Waals surface area contributed by atoms with Gasteiger partial charge in [0.05, 0.1) is 13.2 Å². The normalized spacial score (nSPS) is 11.9. The average Bonchev–Trinajstić information content (AvgIpc) is 2.98. The van der Waals surface area contributed by atoms with Gasteiger partial charge in [-0.05, 0) is 13.0 Å². The molecule has 0 radical (unpaired) electrons. The summed E-state index contributed by atoms with van der Waals surface area (Å²) in [6.45, 7) is 1.89. The van der Waals surface area contributed by atoms with Crippen molar-refractivity contribution >= 4 is 10.0 Å². The molecule has 0 unspecified atom stereocenters. The van der Waals surface area contributed by atoms with Crippen molar-refractivity contribution in [2.75, 3.05) is 6.54 Å². The lowest BCUT2D eigenvalue weighted by Gasteiger charge is -2.06. The highest BCUT2D eigenvalue weighted by atomic mass is 32.2. The van der Waals surface area contributed by atoms with Crippen LogP contribution in [0.4, 0.5) is 0 Å². The Balaban J connectivity index is 2.05. The van der Waals surface area contributed by atoms with Crippen LogP contribution >= 0.6 is 0 Å². The maximum Gasteiger partial charge on any atom is 0.260 e. The van der Waals surface area contributed by atoms with E-state index < -0.39 is 10.0 Å². The summed E-state index contributed by atoms with van der Waals surface area (Å²) in [6, 6.07) is 1.76. The third-order valence-corrected chi connectivity index (χ3v) is 4.07. The zero-order chi connectivity index (χ0) is 13.9. The first-order chi connectivity index (χ1) is 9.04. The fourth-order valence-electron chi connectivity index (χ4n) is 1.63. The number of rotatable bonds is 6. The van der Waals surface area contributed by atoms with Crippen LogP contribution in [0.3, 0.4) is 0 Å². The molecule has 0 bridgehead atoms. The Hall–Kier alpha value is -1.71. The summed E-state index contributed by atoms with van der Waals surface area (Å²) >= 11 is 0. The van der Waals surface area contributed by atoms with Crippen LogP contribution < -0.4 is 4.72 Å². The molecule has 2 heterocycles. The first-order valence-electron chi connectivity index (χ1n) is 5.66. The van der Waals surface area contributed by atoms with Gasteiger partial charge in [-0.3, -0.25) is 9.78 Å². The van der Waals surface area contributed by atoms with Crippen molar-refractivity contribution in [2.45, 2.75) is 25.1 Å². The Labute approximate surface area is 110 Å². The van der Waals surface area contributed by atoms with Crippen molar-refractivity contribution in [1.82, 2.24) is 24.7 Å². The number of sulfonamides is 1. The standard InChI is InChI=1S/C10H15N5O3S/c1-8-9(7-16)10(14-13-8)19(17,18)12-4-6-15-5-2-3-11-15/h2-3,5,12,16H,4,6-7H2,1H3,(H,13,14). The van der Waals surface area contributed by atoms with E-state index in [4.69, 9.17) is 5.11 Å². The molecule has 0 aromatic carbocycles. The Morgan fingerprint density at radius 2 is 2.32 bits per heavy atom. The van der Waals surface area contributed by atoms with Gasteiger partial charge in [0.25, 0.3) is 10.0 Å². The third-order valence-electron chi connectivity index (χ3n) is 2.64. The molecule has 0 aliphatic carbocycles. The van der Waals surface area contributed by atoms with Crippen molar-refractivity contribution < 1.29 is 13.5 Å². The molecule has 2 aromatic rings. The summed E-state index contributed by atoms with van der Waals surface area (Å²) < 4.78 is 28.1. The number of nitrogens with zero attached hydrogens (tertiary/aromatic N) is 3. The van der Waals surface area contributed by atoms with Gasteiger partial charge in [0.15, 0.2) is 5.03 Å². The molecule has 2 rings (SSSR count). The third kappa shape index (κ3) is 3.00. The molecular weight excluding hydrogens is 270 g/mol. The lowest BCUT2D eigenvalue weighted by Crippen LogP contribution is -2.28. The van der Waals surface area contributed by atoms with Gasteiger partial charge in [0, 0.05) is 30.2 Å². The number of hydrogen-bond donors (Lipinski definition) is 3. The molecule has 3 N–H and O–H groups in total. The lowest BCUT2D eigenvalue weighted by atomic mass is 10.3. The van der Waals surface area contributed by atoms with Crippen LogP contribution in [-0.4, -0.2) is 40.0 Å². The molecule has 0 saturated carbocycles. The minimum atomic E-state index is -3.73. The molecule has 2 aromatic heterocycles. The van der Waals surface area contributed by atoms with Crippen molar-refractivity contribution in [2.24, 2.45) is 0 Å². The topological polar surface area (TPSA) is 113 Å². The predicted octanol–water partition coefficient (Wildman–Crippen LogP) is -0.615. The molecule has 19 heavy (non-hydrogen) atoms. The van der Waals surface area contributed by atoms with Crippen molar-refractivity contribution in [3.05, 3.63) is 29.7 Å². The maximum absolute atomic E-state index is 12.0. The lowest BCUT2D eigenvalue weighted by molar-refractivity contribution is 0.277. The quantitative estimate of drug-likeness (QED) is 0.655. The maximum atomic E-state index is 12.0. The van der Waals surface area contributed by atoms with Crippen LogP contribution in [0.25, 0.3) is 0 Å². The highest BCUT2D eigenvalue weighted by Gasteiger charge is 2.22. The van der Waals surface area contributed by atoms with E-state index in [-0.39, 0.29) is 23.7 Å². The Morgan fingerprint density at radius 1 is 1.53 bits per heavy atom. The van der Waals surface area contributed by atoms with E-state index in [9.17, 15) is 8.42 Å². The Bertz CT molecular complexity index is 632. The van der Waals surface area contributed by atoms with Crippen LogP contribution in [0.5, 0.6) is 0 Å². The largest absolute Gasteiger partial charge is 0.392 e. The summed E-state index contributed by atoms with van der Waals surface area (Å²) in [6.07, 6.45) is 3.36. The number of aryl methyl sites for hydroxylation is 1. The molecule has 0 atom stereocenters. The number of aliphatic hydroxyl groups is 1. The monoisotopic (exact) mass is 285 g/mol. The van der Waals surface area contributed by atoms with Crippen LogP contribution in [0, 0.1) is 6.92 Å². The SMILES string of the molecule is Cc1[nH]nc(S(=O)(=O)NCCn2cccn2)c1CO. The van der Waals surface area contributed by atoms with Gasteiger partial charge in [0.1, 0.15) is 0 Å². The van der Waals surface area contributed by atoms with E-state index in [0.717, 1.165) is 0 Å². The van der Waals surface area contributed by atoms with E-state index in [0.29, 0.717) is 12.2 Å². The smallest absolute Gasteiger partial charge is 0.260 e. The minimum Gasteiger partial charge on any atom is -0.392 e. The average molecular weight is 285 g/mol. The molecule has 104 valence electrons. The Morgan fingerprint density at radius 3 is 2.95 bits per heavy atom. The van der Waals surface area contributed by atoms with Crippen molar-refractivity contribution in [3.8, 4) is 0 Å². The first-order valence-corrected chi connectivity index (χ1v) is 7.14. The molecule has 0 fully saturated rings. The van der Waals surface area contributed by atoms with Crippen LogP contribution in [-0.2, 0) is 23.2 Å². The van der Waals surface area contributed by atoms with E-state index >= 15 is 0 Å². The van der Waals surface area contributed by atoms with Gasteiger partial charge in [-0.15, -0.1) is 0 Å². The van der Waals surface area contributed by atoms with Gasteiger partial charge in [0.2, 0.25) is 0 Å². The second kappa shape index (κ2) is 5.51. The fraction of sp³-hybridized carbons (Fsp3) is 0.400. The Kier molecular flexibility index (Phi) is 3.98. The molecule has 0 aliphatic heterocycles. The van der Waals surface area contributed by atoms with Gasteiger partial charge in [-0.25, -0.2) is 13.1 Å².